The number of ether oxygens (including phenoxy) is 1. The lowest BCUT2D eigenvalue weighted by Gasteiger charge is -2.19. The monoisotopic (exact) mass is 315 g/mol. The lowest BCUT2D eigenvalue weighted by molar-refractivity contribution is -0.287. The summed E-state index contributed by atoms with van der Waals surface area (Å²) in [5.74, 6) is -0.373. The summed E-state index contributed by atoms with van der Waals surface area (Å²) in [6, 6.07) is 1.41. The van der Waals surface area contributed by atoms with Gasteiger partial charge in [0.1, 0.15) is 12.7 Å². The average molecular weight is 315 g/mol. The first-order chi connectivity index (χ1) is 10.3. The summed E-state index contributed by atoms with van der Waals surface area (Å²) in [5.41, 5.74) is 0.559. The Kier molecular flexibility index (Phi) is 6.47. The summed E-state index contributed by atoms with van der Waals surface area (Å²) < 4.78 is 6.32. The van der Waals surface area contributed by atoms with E-state index in [1.807, 2.05) is 0 Å². The van der Waals surface area contributed by atoms with Crippen molar-refractivity contribution in [1.82, 2.24) is 9.55 Å². The largest absolute Gasteiger partial charge is 0.462 e. The van der Waals surface area contributed by atoms with Crippen LogP contribution in [0.15, 0.2) is 17.1 Å². The average Bonchev–Trinajstić information content (AvgIpc) is 2.47. The van der Waals surface area contributed by atoms with E-state index in [9.17, 15) is 9.59 Å². The predicted molar refractivity (Wildman–Crippen MR) is 76.4 cm³/mol. The van der Waals surface area contributed by atoms with E-state index in [0.717, 1.165) is 0 Å². The van der Waals surface area contributed by atoms with Gasteiger partial charge in [0.15, 0.2) is 5.82 Å². The molecule has 0 saturated carbocycles. The number of rotatable bonds is 7. The zero-order chi connectivity index (χ0) is 16.8. The third kappa shape index (κ3) is 5.43. The Morgan fingerprint density at radius 1 is 1.50 bits per heavy atom. The molecule has 0 amide bonds. The van der Waals surface area contributed by atoms with Crippen molar-refractivity contribution in [3.8, 4) is 0 Å². The number of hydrogen-bond donors (Lipinski definition) is 3. The summed E-state index contributed by atoms with van der Waals surface area (Å²) in [6.07, 6.45) is 0.916. The molecule has 0 radical (unpaired) electrons. The topological polar surface area (TPSA) is 123 Å². The Balaban J connectivity index is 2.54. The third-order valence-corrected chi connectivity index (χ3v) is 2.84. The molecule has 9 heteroatoms. The Morgan fingerprint density at radius 2 is 2.18 bits per heavy atom. The van der Waals surface area contributed by atoms with Crippen molar-refractivity contribution in [2.45, 2.75) is 39.8 Å². The molecule has 1 atom stereocenters. The van der Waals surface area contributed by atoms with Crippen LogP contribution in [-0.4, -0.2) is 38.7 Å². The second kappa shape index (κ2) is 7.87. The van der Waals surface area contributed by atoms with Gasteiger partial charge in [-0.1, -0.05) is 0 Å². The zero-order valence-electron chi connectivity index (χ0n) is 12.8. The summed E-state index contributed by atoms with van der Waals surface area (Å²) in [4.78, 5) is 31.1. The van der Waals surface area contributed by atoms with Crippen LogP contribution in [0.2, 0.25) is 0 Å². The highest BCUT2D eigenvalue weighted by atomic mass is 17.1. The van der Waals surface area contributed by atoms with E-state index in [1.165, 1.54) is 16.8 Å². The maximum atomic E-state index is 11.6. The van der Waals surface area contributed by atoms with E-state index in [0.29, 0.717) is 0 Å². The van der Waals surface area contributed by atoms with Gasteiger partial charge in [-0.25, -0.2) is 9.68 Å². The minimum Gasteiger partial charge on any atom is -0.462 e. The second-order valence-electron chi connectivity index (χ2n) is 5.77. The molecule has 1 unspecified atom stereocenters. The number of carbonyl (C=O) groups excluding carboxylic acids is 1. The van der Waals surface area contributed by atoms with Crippen LogP contribution in [0.1, 0.15) is 27.2 Å². The fraction of sp³-hybridized carbons (Fsp3) is 0.615. The zero-order valence-corrected chi connectivity index (χ0v) is 12.8. The maximum absolute atomic E-state index is 11.6. The first-order valence-corrected chi connectivity index (χ1v) is 6.73. The smallest absolute Gasteiger partial charge is 0.349 e. The Morgan fingerprint density at radius 3 is 2.68 bits per heavy atom. The fourth-order valence-electron chi connectivity index (χ4n) is 1.50. The van der Waals surface area contributed by atoms with Crippen LogP contribution in [0.4, 0.5) is 5.82 Å². The highest BCUT2D eigenvalue weighted by molar-refractivity contribution is 5.75. The number of aromatic nitrogens is 2. The van der Waals surface area contributed by atoms with Crippen molar-refractivity contribution >= 4 is 11.8 Å². The number of anilines is 1. The molecule has 0 saturated heterocycles. The van der Waals surface area contributed by atoms with Crippen LogP contribution in [0.3, 0.4) is 0 Å². The summed E-state index contributed by atoms with van der Waals surface area (Å²) >= 11 is 0. The summed E-state index contributed by atoms with van der Waals surface area (Å²) in [5, 5.41) is 17.5. The van der Waals surface area contributed by atoms with Gasteiger partial charge in [0.2, 0.25) is 0 Å². The van der Waals surface area contributed by atoms with Crippen LogP contribution >= 0.6 is 0 Å². The van der Waals surface area contributed by atoms with Crippen molar-refractivity contribution < 1.29 is 24.9 Å². The van der Waals surface area contributed by atoms with Gasteiger partial charge in [0.25, 0.3) is 0 Å². The SMILES string of the molecule is CC(C)(C)C(=O)OCC(CCn1ccc(NO)nc1=O)OO. The Hall–Kier alpha value is -1.97. The Bertz CT molecular complexity index is 551. The van der Waals surface area contributed by atoms with Crippen molar-refractivity contribution in [3.63, 3.8) is 0 Å². The van der Waals surface area contributed by atoms with Gasteiger partial charge in [0, 0.05) is 12.7 Å². The number of esters is 1. The minimum atomic E-state index is -0.756. The lowest BCUT2D eigenvalue weighted by Crippen LogP contribution is -2.30. The van der Waals surface area contributed by atoms with E-state index in [4.69, 9.17) is 15.2 Å². The van der Waals surface area contributed by atoms with E-state index < -0.39 is 23.2 Å². The van der Waals surface area contributed by atoms with Gasteiger partial charge in [-0.05, 0) is 33.3 Å². The van der Waals surface area contributed by atoms with Gasteiger partial charge in [-0.3, -0.25) is 25.3 Å². The summed E-state index contributed by atoms with van der Waals surface area (Å²) in [7, 11) is 0. The molecule has 0 bridgehead atoms. The van der Waals surface area contributed by atoms with Gasteiger partial charge in [0.05, 0.1) is 5.41 Å². The molecule has 0 aliphatic carbocycles. The molecule has 0 aromatic carbocycles. The molecule has 124 valence electrons. The molecular weight excluding hydrogens is 294 g/mol. The molecule has 9 nitrogen and oxygen atoms in total. The number of nitrogens with zero attached hydrogens (tertiary/aromatic N) is 2. The van der Waals surface area contributed by atoms with E-state index in [1.54, 1.807) is 26.3 Å². The molecule has 0 spiro atoms. The first kappa shape index (κ1) is 18.1. The molecule has 1 heterocycles. The molecule has 1 rings (SSSR count). The van der Waals surface area contributed by atoms with Crippen molar-refractivity contribution in [3.05, 3.63) is 22.7 Å². The van der Waals surface area contributed by atoms with Crippen LogP contribution in [-0.2, 0) is 21.0 Å². The second-order valence-corrected chi connectivity index (χ2v) is 5.77. The molecular formula is C13H21N3O6. The van der Waals surface area contributed by atoms with Gasteiger partial charge in [-0.15, -0.1) is 0 Å². The van der Waals surface area contributed by atoms with Crippen molar-refractivity contribution in [2.75, 3.05) is 12.1 Å². The van der Waals surface area contributed by atoms with E-state index >= 15 is 0 Å². The van der Waals surface area contributed by atoms with E-state index in [-0.39, 0.29) is 25.4 Å². The Labute approximate surface area is 127 Å². The quantitative estimate of drug-likeness (QED) is 0.385. The van der Waals surface area contributed by atoms with Gasteiger partial charge < -0.3 is 4.74 Å². The number of aryl methyl sites for hydroxylation is 1. The molecule has 1 aromatic rings. The van der Waals surface area contributed by atoms with Crippen molar-refractivity contribution in [2.24, 2.45) is 5.41 Å². The van der Waals surface area contributed by atoms with Crippen LogP contribution in [0, 0.1) is 5.41 Å². The van der Waals surface area contributed by atoms with Crippen LogP contribution < -0.4 is 11.2 Å². The van der Waals surface area contributed by atoms with Crippen molar-refractivity contribution in [1.29, 1.82) is 0 Å². The predicted octanol–water partition coefficient (Wildman–Crippen LogP) is 0.882. The molecule has 0 fully saturated rings. The first-order valence-electron chi connectivity index (χ1n) is 6.73. The van der Waals surface area contributed by atoms with E-state index in [2.05, 4.69) is 9.87 Å². The minimum absolute atomic E-state index is 0.0373. The molecule has 0 aliphatic heterocycles. The van der Waals surface area contributed by atoms with Gasteiger partial charge >= 0.3 is 11.7 Å². The third-order valence-electron chi connectivity index (χ3n) is 2.84. The highest BCUT2D eigenvalue weighted by Crippen LogP contribution is 2.15. The lowest BCUT2D eigenvalue weighted by atomic mass is 9.97. The highest BCUT2D eigenvalue weighted by Gasteiger charge is 2.24. The normalized spacial score (nSPS) is 12.8. The number of carbonyl (C=O) groups is 1. The molecule has 1 aromatic heterocycles. The van der Waals surface area contributed by atoms with Crippen LogP contribution in [0.5, 0.6) is 0 Å². The molecule has 3 N–H and O–H groups in total. The van der Waals surface area contributed by atoms with Gasteiger partial charge in [-0.2, -0.15) is 4.98 Å². The standard InChI is InChI=1S/C13H21N3O6/c1-13(2,3)11(17)21-8-9(22-20)4-6-16-7-5-10(15-19)14-12(16)18/h5,7,9,19-20H,4,6,8H2,1-3H3,(H,14,15,18). The molecule has 22 heavy (non-hydrogen) atoms. The maximum Gasteiger partial charge on any atom is 0.349 e. The fourth-order valence-corrected chi connectivity index (χ4v) is 1.50. The number of nitrogens with one attached hydrogen (secondary N) is 1. The van der Waals surface area contributed by atoms with Crippen LogP contribution in [0.25, 0.3) is 0 Å². The molecule has 0 aliphatic rings. The summed E-state index contributed by atoms with van der Waals surface area (Å²) in [6.45, 7) is 5.23. The number of hydrogen-bond acceptors (Lipinski definition) is 8.